The molecule has 114 valence electrons. The van der Waals surface area contributed by atoms with Gasteiger partial charge in [-0.25, -0.2) is 0 Å². The van der Waals surface area contributed by atoms with E-state index in [0.717, 1.165) is 25.3 Å². The SMILES string of the molecule is CC(C)COc1ccc(C(C)NCCc2ccsc2)cc1. The first-order valence-corrected chi connectivity index (χ1v) is 8.56. The first kappa shape index (κ1) is 16.1. The van der Waals surface area contributed by atoms with Gasteiger partial charge >= 0.3 is 0 Å². The maximum absolute atomic E-state index is 5.71. The summed E-state index contributed by atoms with van der Waals surface area (Å²) < 4.78 is 5.71. The fourth-order valence-electron chi connectivity index (χ4n) is 2.10. The summed E-state index contributed by atoms with van der Waals surface area (Å²) in [4.78, 5) is 0. The van der Waals surface area contributed by atoms with Gasteiger partial charge in [0.05, 0.1) is 6.61 Å². The standard InChI is InChI=1S/C18H25NOS/c1-14(2)12-20-18-6-4-17(5-7-18)15(3)19-10-8-16-9-11-21-13-16/h4-7,9,11,13-15,19H,8,10,12H2,1-3H3. The Balaban J connectivity index is 1.77. The first-order chi connectivity index (χ1) is 10.1. The Labute approximate surface area is 132 Å². The molecule has 2 rings (SSSR count). The van der Waals surface area contributed by atoms with Crippen LogP contribution in [0.1, 0.15) is 37.9 Å². The molecule has 0 radical (unpaired) electrons. The van der Waals surface area contributed by atoms with Crippen molar-refractivity contribution in [3.63, 3.8) is 0 Å². The minimum Gasteiger partial charge on any atom is -0.493 e. The third kappa shape index (κ3) is 5.52. The normalized spacial score (nSPS) is 12.6. The van der Waals surface area contributed by atoms with E-state index in [4.69, 9.17) is 4.74 Å². The molecule has 1 atom stereocenters. The smallest absolute Gasteiger partial charge is 0.119 e. The quantitative estimate of drug-likeness (QED) is 0.765. The second kappa shape index (κ2) is 8.20. The molecule has 0 aliphatic rings. The molecular formula is C18H25NOS. The van der Waals surface area contributed by atoms with Crippen LogP contribution in [0.3, 0.4) is 0 Å². The minimum atomic E-state index is 0.364. The highest BCUT2D eigenvalue weighted by molar-refractivity contribution is 7.07. The summed E-state index contributed by atoms with van der Waals surface area (Å²) in [7, 11) is 0. The molecule has 1 aromatic heterocycles. The van der Waals surface area contributed by atoms with E-state index in [0.29, 0.717) is 12.0 Å². The monoisotopic (exact) mass is 303 g/mol. The van der Waals surface area contributed by atoms with Crippen molar-refractivity contribution in [2.45, 2.75) is 33.2 Å². The Morgan fingerprint density at radius 3 is 2.48 bits per heavy atom. The van der Waals surface area contributed by atoms with Crippen LogP contribution in [-0.2, 0) is 6.42 Å². The molecule has 1 N–H and O–H groups in total. The van der Waals surface area contributed by atoms with Crippen LogP contribution in [0, 0.1) is 5.92 Å². The molecule has 0 spiro atoms. The molecular weight excluding hydrogens is 278 g/mol. The van der Waals surface area contributed by atoms with Gasteiger partial charge in [0.1, 0.15) is 5.75 Å². The summed E-state index contributed by atoms with van der Waals surface area (Å²) in [5, 5.41) is 7.92. The van der Waals surface area contributed by atoms with Crippen LogP contribution in [0.15, 0.2) is 41.1 Å². The molecule has 2 aromatic rings. The largest absolute Gasteiger partial charge is 0.493 e. The molecule has 0 aliphatic heterocycles. The average molecular weight is 303 g/mol. The van der Waals surface area contributed by atoms with E-state index in [1.54, 1.807) is 11.3 Å². The van der Waals surface area contributed by atoms with Crippen molar-refractivity contribution in [3.8, 4) is 5.75 Å². The Bertz CT molecular complexity index is 505. The zero-order valence-electron chi connectivity index (χ0n) is 13.1. The minimum absolute atomic E-state index is 0.364. The number of rotatable bonds is 8. The lowest BCUT2D eigenvalue weighted by Crippen LogP contribution is -2.21. The van der Waals surface area contributed by atoms with Crippen LogP contribution < -0.4 is 10.1 Å². The summed E-state index contributed by atoms with van der Waals surface area (Å²) in [6, 6.07) is 11.0. The van der Waals surface area contributed by atoms with E-state index >= 15 is 0 Å². The number of benzene rings is 1. The molecule has 0 bridgehead atoms. The molecule has 1 heterocycles. The van der Waals surface area contributed by atoms with Crippen LogP contribution in [0.5, 0.6) is 5.75 Å². The summed E-state index contributed by atoms with van der Waals surface area (Å²) in [5.41, 5.74) is 2.72. The lowest BCUT2D eigenvalue weighted by molar-refractivity contribution is 0.271. The van der Waals surface area contributed by atoms with Gasteiger partial charge in [-0.1, -0.05) is 26.0 Å². The number of ether oxygens (including phenoxy) is 1. The number of nitrogens with one attached hydrogen (secondary N) is 1. The second-order valence-corrected chi connectivity index (χ2v) is 6.61. The van der Waals surface area contributed by atoms with Gasteiger partial charge in [0, 0.05) is 6.04 Å². The van der Waals surface area contributed by atoms with Crippen LogP contribution in [0.2, 0.25) is 0 Å². The molecule has 1 aromatic carbocycles. The van der Waals surface area contributed by atoms with Crippen molar-refractivity contribution in [1.29, 1.82) is 0 Å². The van der Waals surface area contributed by atoms with Crippen molar-refractivity contribution < 1.29 is 4.74 Å². The van der Waals surface area contributed by atoms with Crippen molar-refractivity contribution in [2.75, 3.05) is 13.2 Å². The van der Waals surface area contributed by atoms with Gasteiger partial charge in [0.15, 0.2) is 0 Å². The number of hydrogen-bond donors (Lipinski definition) is 1. The van der Waals surface area contributed by atoms with E-state index in [1.165, 1.54) is 11.1 Å². The topological polar surface area (TPSA) is 21.3 Å². The third-order valence-electron chi connectivity index (χ3n) is 3.41. The summed E-state index contributed by atoms with van der Waals surface area (Å²) in [6.45, 7) is 8.30. The predicted molar refractivity (Wildman–Crippen MR) is 91.2 cm³/mol. The number of thiophene rings is 1. The molecule has 3 heteroatoms. The van der Waals surface area contributed by atoms with Crippen molar-refractivity contribution in [2.24, 2.45) is 5.92 Å². The fourth-order valence-corrected chi connectivity index (χ4v) is 2.80. The van der Waals surface area contributed by atoms with E-state index in [9.17, 15) is 0 Å². The maximum Gasteiger partial charge on any atom is 0.119 e. The highest BCUT2D eigenvalue weighted by Gasteiger charge is 2.05. The van der Waals surface area contributed by atoms with Crippen molar-refractivity contribution in [1.82, 2.24) is 5.32 Å². The molecule has 0 saturated carbocycles. The predicted octanol–water partition coefficient (Wildman–Crippen LogP) is 4.68. The average Bonchev–Trinajstić information content (AvgIpc) is 2.99. The highest BCUT2D eigenvalue weighted by atomic mass is 32.1. The van der Waals surface area contributed by atoms with Gasteiger partial charge in [-0.3, -0.25) is 0 Å². The van der Waals surface area contributed by atoms with Crippen LogP contribution >= 0.6 is 11.3 Å². The molecule has 1 unspecified atom stereocenters. The van der Waals surface area contributed by atoms with Crippen molar-refractivity contribution in [3.05, 3.63) is 52.2 Å². The Morgan fingerprint density at radius 2 is 1.86 bits per heavy atom. The molecule has 21 heavy (non-hydrogen) atoms. The van der Waals surface area contributed by atoms with E-state index in [2.05, 4.69) is 67.2 Å². The zero-order valence-corrected chi connectivity index (χ0v) is 14.0. The van der Waals surface area contributed by atoms with Gasteiger partial charge in [-0.2, -0.15) is 11.3 Å². The van der Waals surface area contributed by atoms with Crippen LogP contribution in [0.25, 0.3) is 0 Å². The van der Waals surface area contributed by atoms with Gasteiger partial charge in [0.25, 0.3) is 0 Å². The summed E-state index contributed by atoms with van der Waals surface area (Å²) >= 11 is 1.76. The maximum atomic E-state index is 5.71. The Hall–Kier alpha value is -1.32. The second-order valence-electron chi connectivity index (χ2n) is 5.83. The molecule has 0 fully saturated rings. The Kier molecular flexibility index (Phi) is 6.27. The van der Waals surface area contributed by atoms with Crippen LogP contribution in [-0.4, -0.2) is 13.2 Å². The molecule has 2 nitrogen and oxygen atoms in total. The number of hydrogen-bond acceptors (Lipinski definition) is 3. The van der Waals surface area contributed by atoms with Gasteiger partial charge in [-0.15, -0.1) is 0 Å². The van der Waals surface area contributed by atoms with Gasteiger partial charge in [-0.05, 0) is 65.9 Å². The molecule has 0 aliphatic carbocycles. The zero-order chi connectivity index (χ0) is 15.1. The van der Waals surface area contributed by atoms with E-state index in [-0.39, 0.29) is 0 Å². The van der Waals surface area contributed by atoms with E-state index in [1.807, 2.05) is 0 Å². The van der Waals surface area contributed by atoms with Crippen LogP contribution in [0.4, 0.5) is 0 Å². The Morgan fingerprint density at radius 1 is 1.10 bits per heavy atom. The molecule has 0 saturated heterocycles. The van der Waals surface area contributed by atoms with Gasteiger partial charge < -0.3 is 10.1 Å². The summed E-state index contributed by atoms with van der Waals surface area (Å²) in [6.07, 6.45) is 1.09. The first-order valence-electron chi connectivity index (χ1n) is 7.62. The highest BCUT2D eigenvalue weighted by Crippen LogP contribution is 2.18. The van der Waals surface area contributed by atoms with E-state index < -0.39 is 0 Å². The van der Waals surface area contributed by atoms with Gasteiger partial charge in [0.2, 0.25) is 0 Å². The fraction of sp³-hybridized carbons (Fsp3) is 0.444. The summed E-state index contributed by atoms with van der Waals surface area (Å²) in [5.74, 6) is 1.51. The third-order valence-corrected chi connectivity index (χ3v) is 4.14. The van der Waals surface area contributed by atoms with Crippen molar-refractivity contribution >= 4 is 11.3 Å². The lowest BCUT2D eigenvalue weighted by atomic mass is 10.1. The lowest BCUT2D eigenvalue weighted by Gasteiger charge is -2.15. The molecule has 0 amide bonds.